The van der Waals surface area contributed by atoms with Gasteiger partial charge < -0.3 is 144 Å². The Morgan fingerprint density at radius 3 is 1.92 bits per heavy atom. The number of carbonyl (C=O) groups is 8. The number of phenolic OH excluding ortho intramolecular Hbond substituents is 3. The molecule has 8 heterocycles. The summed E-state index contributed by atoms with van der Waals surface area (Å²) in [7, 11) is 1.49. The molecule has 3 fully saturated rings. The third-order valence-corrected chi connectivity index (χ3v) is 22.2. The van der Waals surface area contributed by atoms with Crippen molar-refractivity contribution in [3.05, 3.63) is 141 Å². The van der Waals surface area contributed by atoms with E-state index in [2.05, 4.69) is 42.5 Å². The van der Waals surface area contributed by atoms with Crippen molar-refractivity contribution in [2.24, 2.45) is 23.1 Å². The minimum absolute atomic E-state index is 0.00697. The van der Waals surface area contributed by atoms with Crippen LogP contribution in [0.25, 0.3) is 11.1 Å². The normalized spacial score (nSPS) is 30.6. The number of fused-ring (bicyclic) bond motifs is 15. The maximum Gasteiger partial charge on any atom is 0.248 e. The molecule has 5 aromatic carbocycles. The summed E-state index contributed by atoms with van der Waals surface area (Å²) in [6.45, 7) is 14.4. The van der Waals surface area contributed by atoms with E-state index < -0.39 is 239 Å². The number of halogens is 1. The number of nitrogens with two attached hydrogens (primary N) is 3. The van der Waals surface area contributed by atoms with Gasteiger partial charge >= 0.3 is 0 Å². The predicted molar refractivity (Wildman–Crippen MR) is 428 cm³/mol. The van der Waals surface area contributed by atoms with Gasteiger partial charge in [0.25, 0.3) is 0 Å². The number of ether oxygens (including phenoxy) is 8. The molecule has 23 N–H and O–H groups in total. The van der Waals surface area contributed by atoms with Gasteiger partial charge in [0.05, 0.1) is 48.5 Å². The predicted octanol–water partition coefficient (Wildman–Crippen LogP) is 2.41. The number of hydrogen-bond acceptors (Lipinski definition) is 28. The number of aliphatic hydroxyl groups excluding tert-OH is 6. The Hall–Kier alpha value is -10.1. The number of rotatable bonds is 20. The van der Waals surface area contributed by atoms with Crippen LogP contribution in [0, 0.1) is 5.92 Å². The van der Waals surface area contributed by atoms with Gasteiger partial charge in [0.2, 0.25) is 59.3 Å². The summed E-state index contributed by atoms with van der Waals surface area (Å²) >= 11 is 7.18. The maximum absolute atomic E-state index is 16.6. The van der Waals surface area contributed by atoms with E-state index in [-0.39, 0.29) is 76.1 Å². The van der Waals surface area contributed by atoms with Crippen molar-refractivity contribution in [1.29, 1.82) is 0 Å². The Kier molecular flexibility index (Phi) is 28.6. The van der Waals surface area contributed by atoms with Gasteiger partial charge in [-0.3, -0.25) is 38.4 Å². The summed E-state index contributed by atoms with van der Waals surface area (Å²) in [5.41, 5.74) is 16.3. The number of phenols is 3. The summed E-state index contributed by atoms with van der Waals surface area (Å²) in [5.74, 6) is -14.1. The number of amides is 8. The molecule has 0 spiro atoms. The molecule has 8 aliphatic heterocycles. The van der Waals surface area contributed by atoms with Crippen LogP contribution in [0.4, 0.5) is 0 Å². The summed E-state index contributed by atoms with van der Waals surface area (Å²) in [6.07, 6.45) is -17.2. The van der Waals surface area contributed by atoms with E-state index in [0.29, 0.717) is 12.8 Å². The van der Waals surface area contributed by atoms with Crippen molar-refractivity contribution in [1.82, 2.24) is 42.5 Å². The van der Waals surface area contributed by atoms with Crippen LogP contribution >= 0.6 is 11.6 Å². The minimum Gasteiger partial charge on any atom is -0.508 e. The summed E-state index contributed by atoms with van der Waals surface area (Å²) in [6, 6.07) is 2.69. The van der Waals surface area contributed by atoms with Crippen molar-refractivity contribution in [2.75, 3.05) is 20.2 Å². The monoisotopic (exact) mass is 1690 g/mol. The zero-order valence-corrected chi connectivity index (χ0v) is 68.4. The lowest BCUT2D eigenvalue weighted by atomic mass is 9.86. The van der Waals surface area contributed by atoms with Crippen molar-refractivity contribution >= 4 is 58.9 Å². The molecule has 8 aliphatic rings. The number of hydrogen-bond donors (Lipinski definition) is 20. The topological polar surface area (TPSA) is 567 Å². The standard InChI is InChI=1S/C83H106ClN11O25/c1-35(2)12-11-13-37(5)22-23-89-76(108)63-47-29-44(97)30-52(99)60(47)46-25-41(16-20-51(46)98)61-77(109)95-65(80(112)93-63)69(118-58-32-82(8,86)72(104)38(6)113-58)40-14-18-45(19-15-40)115-54-27-43-28-55(70(54)120-81-71(68(103)67(102)56(34-96)117-81)119-59-33-83(9,87)73(105)39(7)114-59)116-53-21-17-42(26-48(53)84)66(101)64(94-74(106)49(88-10)24-36(3)4)79(111)90-50(31-57(85)100)75(107)91-62(43)78(110)92-61/h12,14-22,25-30,36,38-39,49-50,56,58-59,61-69,71-73,81,88,96-99,101-105H,11,13,23-24,31-34,86-87H2,1-10H3,(H2,85,100)(H,89,108)(H,90,111)(H,91,107)(H,92,110)(H,93,112)(H,94,106)(H,95,109)/b37-22+/t38-,39-,49+,50-,56+,58-,59-,61+,62+,63-,64+,65-,66+,67+,68-,69+,71+,72-,73-,81-,82-,83-/m0/s1. The third-order valence-electron chi connectivity index (χ3n) is 21.9. The van der Waals surface area contributed by atoms with E-state index in [1.807, 2.05) is 40.7 Å². The Morgan fingerprint density at radius 2 is 1.30 bits per heavy atom. The van der Waals surface area contributed by atoms with Crippen molar-refractivity contribution < 1.29 is 122 Å². The number of allylic oxidation sites excluding steroid dienone is 3. The molecule has 8 amide bonds. The largest absolute Gasteiger partial charge is 0.508 e. The van der Waals surface area contributed by atoms with Gasteiger partial charge in [0, 0.05) is 47.7 Å². The van der Waals surface area contributed by atoms with Crippen LogP contribution in [-0.4, -0.2) is 216 Å². The zero-order chi connectivity index (χ0) is 87.4. The highest BCUT2D eigenvalue weighted by Gasteiger charge is 2.52. The first-order valence-electron chi connectivity index (χ1n) is 39.3. The summed E-state index contributed by atoms with van der Waals surface area (Å²) in [4.78, 5) is 123. The molecule has 5 aromatic rings. The van der Waals surface area contributed by atoms with Crippen LogP contribution in [0.5, 0.6) is 46.0 Å². The minimum atomic E-state index is -2.34. The van der Waals surface area contributed by atoms with Crippen molar-refractivity contribution in [2.45, 2.75) is 234 Å². The molecular weight excluding hydrogens is 1590 g/mol. The maximum atomic E-state index is 16.6. The fourth-order valence-electron chi connectivity index (χ4n) is 15.3. The quantitative estimate of drug-likeness (QED) is 0.0497. The average Bonchev–Trinajstić information content (AvgIpc) is 0.754. The number of benzene rings is 5. The summed E-state index contributed by atoms with van der Waals surface area (Å²) in [5, 5.41) is 126. The van der Waals surface area contributed by atoms with Crippen LogP contribution in [0.3, 0.4) is 0 Å². The average molecular weight is 1690 g/mol. The smallest absolute Gasteiger partial charge is 0.248 e. The van der Waals surface area contributed by atoms with E-state index in [9.17, 15) is 55.5 Å². The van der Waals surface area contributed by atoms with Crippen LogP contribution in [0.2, 0.25) is 5.02 Å². The first-order valence-corrected chi connectivity index (χ1v) is 39.7. The lowest BCUT2D eigenvalue weighted by Crippen LogP contribution is -2.64. The van der Waals surface area contributed by atoms with Gasteiger partial charge in [-0.25, -0.2) is 0 Å². The highest BCUT2D eigenvalue weighted by Crippen LogP contribution is 2.50. The van der Waals surface area contributed by atoms with E-state index in [4.69, 9.17) is 66.7 Å². The number of aromatic hydroxyl groups is 3. The van der Waals surface area contributed by atoms with E-state index in [0.717, 1.165) is 59.7 Å². The fraction of sp³-hybridized carbons (Fsp3) is 0.494. The second-order valence-electron chi connectivity index (χ2n) is 32.4. The molecular formula is C83H106ClN11O25. The molecule has 22 atom stereocenters. The number of likely N-dealkylation sites (N-methyl/N-ethyl adjacent to an activating group) is 1. The molecule has 13 rings (SSSR count). The van der Waals surface area contributed by atoms with Crippen molar-refractivity contribution in [3.63, 3.8) is 0 Å². The van der Waals surface area contributed by atoms with Crippen molar-refractivity contribution in [3.8, 4) is 57.1 Å². The van der Waals surface area contributed by atoms with E-state index in [1.165, 1.54) is 71.1 Å². The van der Waals surface area contributed by atoms with Gasteiger partial charge in [-0.1, -0.05) is 73.0 Å². The molecule has 0 saturated carbocycles. The number of aliphatic hydroxyl groups is 6. The molecule has 120 heavy (non-hydrogen) atoms. The Balaban J connectivity index is 1.17. The fourth-order valence-corrected chi connectivity index (χ4v) is 15.6. The molecule has 0 aromatic heterocycles. The lowest BCUT2D eigenvalue weighted by Gasteiger charge is -2.47. The van der Waals surface area contributed by atoms with E-state index >= 15 is 28.8 Å². The van der Waals surface area contributed by atoms with Gasteiger partial charge in [0.1, 0.15) is 95.5 Å². The SMILES string of the molecule is CN[C@H](CC(C)C)C(=O)N[C@H]1C(=O)N[C@@H](CC(N)=O)C(=O)N[C@H]2C(=O)N[C@H]3C(=O)N[C@H](C(=O)N[C@H](C(=O)NC/C=C(\C)CCC=C(C)C)c4cc(O)cc(O)c4-c4cc3ccc4O)[C@H](O[C@H]3C[C@](C)(N)[C@@H](O)[C@H](C)O3)c3ccc(cc3)Oc3cc2cc(c3O[C@@H]2O[C@H](CO)[C@@H](O)[C@H](O)[C@H]2O[C@H]2C[C@](C)(N)[C@@H](O)[C@H](C)O2)Oc2ccc(cc2Cl)[C@H]1O. The Labute approximate surface area is 696 Å². The van der Waals surface area contributed by atoms with Crippen LogP contribution < -0.4 is 73.9 Å². The van der Waals surface area contributed by atoms with Crippen LogP contribution in [-0.2, 0) is 62.0 Å². The first-order chi connectivity index (χ1) is 56.6. The van der Waals surface area contributed by atoms with Gasteiger partial charge in [0.15, 0.2) is 30.2 Å². The molecule has 36 nitrogen and oxygen atoms in total. The molecule has 0 radical (unpaired) electrons. The lowest BCUT2D eigenvalue weighted by molar-refractivity contribution is -0.333. The van der Waals surface area contributed by atoms with Gasteiger partial charge in [-0.15, -0.1) is 0 Å². The van der Waals surface area contributed by atoms with Gasteiger partial charge in [-0.2, -0.15) is 0 Å². The molecule has 650 valence electrons. The molecule has 3 saturated heterocycles. The molecule has 37 heteroatoms. The third kappa shape index (κ3) is 20.7. The molecule has 11 bridgehead atoms. The zero-order valence-electron chi connectivity index (χ0n) is 67.7. The first kappa shape index (κ1) is 90.6. The summed E-state index contributed by atoms with van der Waals surface area (Å²) < 4.78 is 52.3. The Bertz CT molecular complexity index is 4720. The number of carbonyl (C=O) groups excluding carboxylic acids is 8. The Morgan fingerprint density at radius 1 is 0.683 bits per heavy atom. The van der Waals surface area contributed by atoms with Crippen LogP contribution in [0.1, 0.15) is 159 Å². The van der Waals surface area contributed by atoms with Gasteiger partial charge in [-0.05, 0) is 163 Å². The van der Waals surface area contributed by atoms with E-state index in [1.54, 1.807) is 6.08 Å². The number of primary amides is 1. The number of nitrogens with one attached hydrogen (secondary N) is 8. The highest BCUT2D eigenvalue weighted by atomic mass is 35.5. The highest BCUT2D eigenvalue weighted by molar-refractivity contribution is 6.32. The second kappa shape index (κ2) is 37.9. The second-order valence-corrected chi connectivity index (χ2v) is 32.8. The molecule has 0 unspecified atom stereocenters. The molecule has 0 aliphatic carbocycles. The van der Waals surface area contributed by atoms with Crippen LogP contribution in [0.15, 0.2) is 108 Å².